The Morgan fingerprint density at radius 1 is 0.833 bits per heavy atom. The number of benzene rings is 3. The molecule has 0 amide bonds. The molecule has 0 bridgehead atoms. The van der Waals surface area contributed by atoms with Gasteiger partial charge in [0.1, 0.15) is 12.4 Å². The second-order valence-electron chi connectivity index (χ2n) is 9.30. The minimum atomic E-state index is -1.00. The van der Waals surface area contributed by atoms with E-state index >= 15 is 0 Å². The highest BCUT2D eigenvalue weighted by Crippen LogP contribution is 2.32. The van der Waals surface area contributed by atoms with Crippen LogP contribution < -0.4 is 4.74 Å². The molecule has 1 unspecified atom stereocenters. The SMILES string of the molecule is CCCCC1CC=C(OCc2ccc(-c3ccc(-c4ccc(OCC)c(F)c4F)cc3)cc2F)CC1. The lowest BCUT2D eigenvalue weighted by Gasteiger charge is -2.22. The molecule has 2 nitrogen and oxygen atoms in total. The third kappa shape index (κ3) is 6.13. The molecule has 3 aromatic rings. The van der Waals surface area contributed by atoms with Crippen molar-refractivity contribution >= 4 is 0 Å². The van der Waals surface area contributed by atoms with E-state index in [1.165, 1.54) is 37.5 Å². The van der Waals surface area contributed by atoms with Gasteiger partial charge in [0.2, 0.25) is 5.82 Å². The average molecular weight is 495 g/mol. The molecule has 1 atom stereocenters. The molecular weight excluding hydrogens is 461 g/mol. The Balaban J connectivity index is 1.40. The Labute approximate surface area is 211 Å². The van der Waals surface area contributed by atoms with E-state index in [1.807, 2.05) is 6.07 Å². The van der Waals surface area contributed by atoms with E-state index in [1.54, 1.807) is 37.3 Å². The summed E-state index contributed by atoms with van der Waals surface area (Å²) in [4.78, 5) is 0. The molecule has 0 aromatic heterocycles. The molecule has 36 heavy (non-hydrogen) atoms. The average Bonchev–Trinajstić information content (AvgIpc) is 2.90. The summed E-state index contributed by atoms with van der Waals surface area (Å²) in [5, 5.41) is 0. The van der Waals surface area contributed by atoms with Gasteiger partial charge in [0.25, 0.3) is 0 Å². The molecular formula is C31H33F3O2. The van der Waals surface area contributed by atoms with Crippen molar-refractivity contribution in [3.8, 4) is 28.0 Å². The van der Waals surface area contributed by atoms with Crippen molar-refractivity contribution in [1.29, 1.82) is 0 Å². The summed E-state index contributed by atoms with van der Waals surface area (Å²) in [5.74, 6) is -0.684. The zero-order valence-corrected chi connectivity index (χ0v) is 21.0. The molecule has 4 rings (SSSR count). The fraction of sp³-hybridized carbons (Fsp3) is 0.355. The van der Waals surface area contributed by atoms with Crippen LogP contribution in [0.3, 0.4) is 0 Å². The maximum atomic E-state index is 14.8. The lowest BCUT2D eigenvalue weighted by molar-refractivity contribution is 0.171. The molecule has 0 radical (unpaired) electrons. The molecule has 5 heteroatoms. The zero-order chi connectivity index (χ0) is 25.5. The highest BCUT2D eigenvalue weighted by atomic mass is 19.2. The first-order valence-corrected chi connectivity index (χ1v) is 12.8. The summed E-state index contributed by atoms with van der Waals surface area (Å²) < 4.78 is 54.6. The molecule has 0 N–H and O–H groups in total. The zero-order valence-electron chi connectivity index (χ0n) is 21.0. The molecule has 0 saturated heterocycles. The number of rotatable bonds is 10. The Hall–Kier alpha value is -3.21. The van der Waals surface area contributed by atoms with E-state index in [0.717, 1.165) is 36.5 Å². The first kappa shape index (κ1) is 25.9. The summed E-state index contributed by atoms with van der Waals surface area (Å²) in [6.45, 7) is 4.39. The Morgan fingerprint density at radius 3 is 2.25 bits per heavy atom. The number of hydrogen-bond donors (Lipinski definition) is 0. The van der Waals surface area contributed by atoms with Gasteiger partial charge in [0.05, 0.1) is 12.4 Å². The highest BCUT2D eigenvalue weighted by molar-refractivity contribution is 5.71. The minimum absolute atomic E-state index is 0.106. The van der Waals surface area contributed by atoms with Gasteiger partial charge in [-0.05, 0) is 66.6 Å². The van der Waals surface area contributed by atoms with Crippen LogP contribution in [0, 0.1) is 23.4 Å². The predicted molar refractivity (Wildman–Crippen MR) is 138 cm³/mol. The molecule has 190 valence electrons. The normalized spacial score (nSPS) is 15.5. The molecule has 0 heterocycles. The Kier molecular flexibility index (Phi) is 8.74. The summed E-state index contributed by atoms with van der Waals surface area (Å²) >= 11 is 0. The van der Waals surface area contributed by atoms with Crippen molar-refractivity contribution in [2.45, 2.75) is 59.0 Å². The Morgan fingerprint density at radius 2 is 1.58 bits per heavy atom. The summed E-state index contributed by atoms with van der Waals surface area (Å²) in [6, 6.07) is 15.0. The van der Waals surface area contributed by atoms with Gasteiger partial charge in [0, 0.05) is 17.5 Å². The quantitative estimate of drug-likeness (QED) is 0.280. The van der Waals surface area contributed by atoms with E-state index in [9.17, 15) is 13.2 Å². The molecule has 1 aliphatic rings. The van der Waals surface area contributed by atoms with Crippen molar-refractivity contribution < 1.29 is 22.6 Å². The lowest BCUT2D eigenvalue weighted by Crippen LogP contribution is -2.08. The fourth-order valence-electron chi connectivity index (χ4n) is 4.63. The van der Waals surface area contributed by atoms with Gasteiger partial charge in [-0.3, -0.25) is 0 Å². The van der Waals surface area contributed by atoms with Crippen molar-refractivity contribution in [3.05, 3.63) is 89.4 Å². The van der Waals surface area contributed by atoms with Crippen molar-refractivity contribution in [2.24, 2.45) is 5.92 Å². The second-order valence-corrected chi connectivity index (χ2v) is 9.30. The van der Waals surface area contributed by atoms with Gasteiger partial charge in [-0.2, -0.15) is 4.39 Å². The Bertz CT molecular complexity index is 1200. The number of hydrogen-bond acceptors (Lipinski definition) is 2. The molecule has 3 aromatic carbocycles. The third-order valence-corrected chi connectivity index (χ3v) is 6.79. The summed E-state index contributed by atoms with van der Waals surface area (Å²) in [6.07, 6.45) is 9.02. The van der Waals surface area contributed by atoms with Gasteiger partial charge in [0.15, 0.2) is 11.6 Å². The maximum Gasteiger partial charge on any atom is 0.201 e. The standard InChI is InChI=1S/C31H33F3O2/c1-3-5-6-21-7-15-26(16-8-21)36-20-25-14-13-24(19-28(25)32)22-9-11-23(12-10-22)27-17-18-29(35-4-2)31(34)30(27)33/h9-15,17-19,21H,3-8,16,20H2,1-2H3. The van der Waals surface area contributed by atoms with Crippen molar-refractivity contribution in [1.82, 2.24) is 0 Å². The van der Waals surface area contributed by atoms with E-state index in [2.05, 4.69) is 13.0 Å². The molecule has 0 fully saturated rings. The molecule has 1 aliphatic carbocycles. The van der Waals surface area contributed by atoms with Gasteiger partial charge in [-0.1, -0.05) is 62.6 Å². The number of unbranched alkanes of at least 4 members (excludes halogenated alkanes) is 1. The number of allylic oxidation sites excluding steroid dienone is 2. The van der Waals surface area contributed by atoms with E-state index in [4.69, 9.17) is 9.47 Å². The van der Waals surface area contributed by atoms with Gasteiger partial charge in [-0.25, -0.2) is 8.78 Å². The van der Waals surface area contributed by atoms with Crippen LogP contribution in [-0.4, -0.2) is 6.61 Å². The summed E-state index contributed by atoms with van der Waals surface area (Å²) in [5.41, 5.74) is 2.68. The number of ether oxygens (including phenoxy) is 2. The first-order valence-electron chi connectivity index (χ1n) is 12.8. The maximum absolute atomic E-state index is 14.8. The van der Waals surface area contributed by atoms with Crippen LogP contribution in [0.1, 0.15) is 57.9 Å². The van der Waals surface area contributed by atoms with Gasteiger partial charge < -0.3 is 9.47 Å². The lowest BCUT2D eigenvalue weighted by atomic mass is 9.89. The number of halogens is 3. The summed E-state index contributed by atoms with van der Waals surface area (Å²) in [7, 11) is 0. The van der Waals surface area contributed by atoms with Crippen LogP contribution in [0.2, 0.25) is 0 Å². The minimum Gasteiger partial charge on any atom is -0.493 e. The second kappa shape index (κ2) is 12.2. The smallest absolute Gasteiger partial charge is 0.201 e. The van der Waals surface area contributed by atoms with Crippen LogP contribution in [0.4, 0.5) is 13.2 Å². The van der Waals surface area contributed by atoms with Crippen LogP contribution in [0.5, 0.6) is 5.75 Å². The van der Waals surface area contributed by atoms with Crippen LogP contribution in [0.25, 0.3) is 22.3 Å². The predicted octanol–water partition coefficient (Wildman–Crippen LogP) is 9.23. The van der Waals surface area contributed by atoms with Crippen LogP contribution in [-0.2, 0) is 11.3 Å². The van der Waals surface area contributed by atoms with E-state index < -0.39 is 11.6 Å². The van der Waals surface area contributed by atoms with Crippen molar-refractivity contribution in [3.63, 3.8) is 0 Å². The fourth-order valence-corrected chi connectivity index (χ4v) is 4.63. The molecule has 0 saturated carbocycles. The van der Waals surface area contributed by atoms with Crippen LogP contribution >= 0.6 is 0 Å². The molecule has 0 aliphatic heterocycles. The topological polar surface area (TPSA) is 18.5 Å². The van der Waals surface area contributed by atoms with Crippen molar-refractivity contribution in [2.75, 3.05) is 6.61 Å². The first-order chi connectivity index (χ1) is 17.5. The highest BCUT2D eigenvalue weighted by Gasteiger charge is 2.17. The third-order valence-electron chi connectivity index (χ3n) is 6.79. The van der Waals surface area contributed by atoms with E-state index in [0.29, 0.717) is 16.7 Å². The monoisotopic (exact) mass is 494 g/mol. The van der Waals surface area contributed by atoms with Gasteiger partial charge >= 0.3 is 0 Å². The largest absolute Gasteiger partial charge is 0.493 e. The molecule has 0 spiro atoms. The van der Waals surface area contributed by atoms with E-state index in [-0.39, 0.29) is 30.3 Å². The van der Waals surface area contributed by atoms with Crippen LogP contribution in [0.15, 0.2) is 66.4 Å². The van der Waals surface area contributed by atoms with Gasteiger partial charge in [-0.15, -0.1) is 0 Å².